The highest BCUT2D eigenvalue weighted by Crippen LogP contribution is 2.19. The van der Waals surface area contributed by atoms with Gasteiger partial charge in [-0.1, -0.05) is 13.3 Å². The molecule has 0 spiro atoms. The molecule has 0 radical (unpaired) electrons. The lowest BCUT2D eigenvalue weighted by Crippen LogP contribution is -2.06. The number of hydrogen-bond acceptors (Lipinski definition) is 2. The van der Waals surface area contributed by atoms with Crippen LogP contribution >= 0.6 is 22.6 Å². The lowest BCUT2D eigenvalue weighted by atomic mass is 10.3. The maximum Gasteiger partial charge on any atom is 0.159 e. The Labute approximate surface area is 69.0 Å². The van der Waals surface area contributed by atoms with Gasteiger partial charge in [0.2, 0.25) is 0 Å². The SMILES string of the molecule is CCCC1OCC(I)O1. The van der Waals surface area contributed by atoms with E-state index in [1.165, 1.54) is 0 Å². The molecule has 0 saturated carbocycles. The highest BCUT2D eigenvalue weighted by atomic mass is 127. The third-order valence-corrected chi connectivity index (χ3v) is 1.89. The van der Waals surface area contributed by atoms with Crippen LogP contribution in [0.25, 0.3) is 0 Å². The molecule has 1 saturated heterocycles. The van der Waals surface area contributed by atoms with E-state index in [2.05, 4.69) is 29.5 Å². The molecule has 1 fully saturated rings. The lowest BCUT2D eigenvalue weighted by molar-refractivity contribution is -0.0490. The first kappa shape index (κ1) is 7.75. The molecular weight excluding hydrogens is 231 g/mol. The van der Waals surface area contributed by atoms with Gasteiger partial charge in [0, 0.05) is 0 Å². The Bertz CT molecular complexity index is 85.1. The van der Waals surface area contributed by atoms with Gasteiger partial charge in [0.25, 0.3) is 0 Å². The van der Waals surface area contributed by atoms with E-state index in [1.807, 2.05) is 0 Å². The minimum absolute atomic E-state index is 0.0805. The second-order valence-corrected chi connectivity index (χ2v) is 3.49. The summed E-state index contributed by atoms with van der Waals surface area (Å²) in [6.07, 6.45) is 2.24. The van der Waals surface area contributed by atoms with Crippen molar-refractivity contribution < 1.29 is 9.47 Å². The predicted molar refractivity (Wildman–Crippen MR) is 43.5 cm³/mol. The first-order chi connectivity index (χ1) is 4.33. The number of alkyl halides is 1. The van der Waals surface area contributed by atoms with Crippen molar-refractivity contribution in [2.45, 2.75) is 30.2 Å². The van der Waals surface area contributed by atoms with Gasteiger partial charge in [-0.25, -0.2) is 0 Å². The summed E-state index contributed by atoms with van der Waals surface area (Å²) in [5.41, 5.74) is 0. The highest BCUT2D eigenvalue weighted by molar-refractivity contribution is 14.1. The number of halogens is 1. The van der Waals surface area contributed by atoms with Gasteiger partial charge in [-0.2, -0.15) is 0 Å². The van der Waals surface area contributed by atoms with E-state index in [1.54, 1.807) is 0 Å². The molecule has 2 nitrogen and oxygen atoms in total. The second-order valence-electron chi connectivity index (χ2n) is 2.10. The maximum absolute atomic E-state index is 5.37. The van der Waals surface area contributed by atoms with Gasteiger partial charge in [-0.3, -0.25) is 0 Å². The van der Waals surface area contributed by atoms with Crippen LogP contribution in [0.4, 0.5) is 0 Å². The van der Waals surface area contributed by atoms with Gasteiger partial charge < -0.3 is 9.47 Å². The zero-order chi connectivity index (χ0) is 6.69. The van der Waals surface area contributed by atoms with Crippen LogP contribution in [0.5, 0.6) is 0 Å². The van der Waals surface area contributed by atoms with Crippen LogP contribution < -0.4 is 0 Å². The molecule has 0 amide bonds. The predicted octanol–water partition coefficient (Wildman–Crippen LogP) is 1.92. The fraction of sp³-hybridized carbons (Fsp3) is 1.00. The van der Waals surface area contributed by atoms with Gasteiger partial charge in [-0.15, -0.1) is 0 Å². The molecule has 1 aliphatic heterocycles. The van der Waals surface area contributed by atoms with Crippen molar-refractivity contribution >= 4 is 22.6 Å². The van der Waals surface area contributed by atoms with Gasteiger partial charge in [-0.05, 0) is 29.0 Å². The van der Waals surface area contributed by atoms with Crippen LogP contribution in [0, 0.1) is 0 Å². The third-order valence-electron chi connectivity index (χ3n) is 1.24. The average molecular weight is 242 g/mol. The third kappa shape index (κ3) is 2.39. The Morgan fingerprint density at radius 2 is 2.44 bits per heavy atom. The molecular formula is C6H11IO2. The molecule has 9 heavy (non-hydrogen) atoms. The molecule has 2 atom stereocenters. The van der Waals surface area contributed by atoms with E-state index in [-0.39, 0.29) is 10.4 Å². The molecule has 0 aromatic heterocycles. The van der Waals surface area contributed by atoms with E-state index >= 15 is 0 Å². The minimum atomic E-state index is 0.0805. The summed E-state index contributed by atoms with van der Waals surface area (Å²) in [5.74, 6) is 0. The lowest BCUT2D eigenvalue weighted by Gasteiger charge is -2.05. The number of ether oxygens (including phenoxy) is 2. The molecule has 54 valence electrons. The quantitative estimate of drug-likeness (QED) is 0.544. The van der Waals surface area contributed by atoms with Crippen LogP contribution in [-0.2, 0) is 9.47 Å². The highest BCUT2D eigenvalue weighted by Gasteiger charge is 2.21. The summed E-state index contributed by atoms with van der Waals surface area (Å²) in [6.45, 7) is 2.89. The molecule has 3 heteroatoms. The van der Waals surface area contributed by atoms with Crippen LogP contribution in [0.3, 0.4) is 0 Å². The fourth-order valence-corrected chi connectivity index (χ4v) is 1.35. The smallest absolute Gasteiger partial charge is 0.159 e. The summed E-state index contributed by atoms with van der Waals surface area (Å²) in [5, 5.41) is 0. The second kappa shape index (κ2) is 3.73. The summed E-state index contributed by atoms with van der Waals surface area (Å²) in [4.78, 5) is 0. The molecule has 2 unspecified atom stereocenters. The van der Waals surface area contributed by atoms with E-state index in [0.717, 1.165) is 19.4 Å². The molecule has 0 bridgehead atoms. The van der Waals surface area contributed by atoms with Crippen LogP contribution in [0.2, 0.25) is 0 Å². The van der Waals surface area contributed by atoms with Crippen LogP contribution in [0.15, 0.2) is 0 Å². The van der Waals surface area contributed by atoms with Gasteiger partial charge in [0.15, 0.2) is 6.29 Å². The number of hydrogen-bond donors (Lipinski definition) is 0. The normalized spacial score (nSPS) is 35.3. The summed E-state index contributed by atoms with van der Waals surface area (Å²) < 4.78 is 10.9. The fourth-order valence-electron chi connectivity index (χ4n) is 0.813. The van der Waals surface area contributed by atoms with E-state index in [9.17, 15) is 0 Å². The Morgan fingerprint density at radius 3 is 2.89 bits per heavy atom. The van der Waals surface area contributed by atoms with E-state index in [0.29, 0.717) is 0 Å². The molecule has 1 rings (SSSR count). The van der Waals surface area contributed by atoms with Crippen LogP contribution in [0.1, 0.15) is 19.8 Å². The molecule has 1 aliphatic rings. The topological polar surface area (TPSA) is 18.5 Å². The van der Waals surface area contributed by atoms with Crippen molar-refractivity contribution in [3.63, 3.8) is 0 Å². The largest absolute Gasteiger partial charge is 0.349 e. The zero-order valence-electron chi connectivity index (χ0n) is 5.47. The van der Waals surface area contributed by atoms with E-state index < -0.39 is 0 Å². The first-order valence-corrected chi connectivity index (χ1v) is 4.48. The Morgan fingerprint density at radius 1 is 1.67 bits per heavy atom. The monoisotopic (exact) mass is 242 g/mol. The average Bonchev–Trinajstić information content (AvgIpc) is 2.17. The first-order valence-electron chi connectivity index (χ1n) is 3.24. The van der Waals surface area contributed by atoms with Crippen molar-refractivity contribution in [1.82, 2.24) is 0 Å². The standard InChI is InChI=1S/C6H11IO2/c1-2-3-6-8-4-5(7)9-6/h5-6H,2-4H2,1H3. The summed E-state index contributed by atoms with van der Waals surface area (Å²) in [6, 6.07) is 0. The van der Waals surface area contributed by atoms with E-state index in [4.69, 9.17) is 9.47 Å². The van der Waals surface area contributed by atoms with Gasteiger partial charge >= 0.3 is 0 Å². The van der Waals surface area contributed by atoms with Gasteiger partial charge in [0.1, 0.15) is 4.11 Å². The molecule has 1 heterocycles. The van der Waals surface area contributed by atoms with Crippen molar-refractivity contribution in [2.75, 3.05) is 6.61 Å². The van der Waals surface area contributed by atoms with Gasteiger partial charge in [0.05, 0.1) is 6.61 Å². The molecule has 0 aromatic rings. The zero-order valence-corrected chi connectivity index (χ0v) is 7.63. The van der Waals surface area contributed by atoms with Crippen molar-refractivity contribution in [3.05, 3.63) is 0 Å². The Balaban J connectivity index is 2.14. The minimum Gasteiger partial charge on any atom is -0.349 e. The van der Waals surface area contributed by atoms with Crippen molar-refractivity contribution in [1.29, 1.82) is 0 Å². The summed E-state index contributed by atoms with van der Waals surface area (Å²) >= 11 is 2.24. The van der Waals surface area contributed by atoms with Crippen molar-refractivity contribution in [3.8, 4) is 0 Å². The molecule has 0 aliphatic carbocycles. The summed E-state index contributed by atoms with van der Waals surface area (Å²) in [7, 11) is 0. The van der Waals surface area contributed by atoms with Crippen molar-refractivity contribution in [2.24, 2.45) is 0 Å². The maximum atomic E-state index is 5.37. The Kier molecular flexibility index (Phi) is 3.21. The molecule has 0 N–H and O–H groups in total. The van der Waals surface area contributed by atoms with Crippen LogP contribution in [-0.4, -0.2) is 17.0 Å². The molecule has 0 aromatic carbocycles. The Hall–Kier alpha value is 0.650. The number of rotatable bonds is 2.